The van der Waals surface area contributed by atoms with E-state index in [0.717, 1.165) is 25.1 Å². The van der Waals surface area contributed by atoms with E-state index in [4.69, 9.17) is 22.2 Å². The van der Waals surface area contributed by atoms with Gasteiger partial charge in [-0.25, -0.2) is 0 Å². The Morgan fingerprint density at radius 2 is 2.22 bits per heavy atom. The van der Waals surface area contributed by atoms with Gasteiger partial charge in [-0.15, -0.1) is 0 Å². The van der Waals surface area contributed by atoms with Crippen molar-refractivity contribution in [1.29, 1.82) is 0 Å². The van der Waals surface area contributed by atoms with Gasteiger partial charge in [0.2, 0.25) is 0 Å². The lowest BCUT2D eigenvalue weighted by Gasteiger charge is -2.20. The van der Waals surface area contributed by atoms with Gasteiger partial charge in [-0.2, -0.15) is 5.10 Å². The minimum atomic E-state index is -0.0424. The zero-order chi connectivity index (χ0) is 13.5. The molecular formula is C12H23ClN4O. The molecule has 0 aliphatic rings. The third-order valence-corrected chi connectivity index (χ3v) is 3.00. The van der Waals surface area contributed by atoms with Gasteiger partial charge in [0.15, 0.2) is 0 Å². The fourth-order valence-corrected chi connectivity index (χ4v) is 2.10. The van der Waals surface area contributed by atoms with E-state index >= 15 is 0 Å². The summed E-state index contributed by atoms with van der Waals surface area (Å²) in [5.74, 6) is 5.61. The van der Waals surface area contributed by atoms with Crippen LogP contribution in [0.25, 0.3) is 0 Å². The van der Waals surface area contributed by atoms with Gasteiger partial charge in [-0.3, -0.25) is 16.0 Å². The zero-order valence-corrected chi connectivity index (χ0v) is 12.1. The van der Waals surface area contributed by atoms with Gasteiger partial charge in [-0.1, -0.05) is 18.5 Å². The van der Waals surface area contributed by atoms with E-state index < -0.39 is 0 Å². The Bertz CT molecular complexity index is 354. The van der Waals surface area contributed by atoms with Crippen molar-refractivity contribution >= 4 is 11.6 Å². The molecule has 0 amide bonds. The molecule has 3 N–H and O–H groups in total. The molecule has 0 bridgehead atoms. The summed E-state index contributed by atoms with van der Waals surface area (Å²) < 4.78 is 7.38. The fraction of sp³-hybridized carbons (Fsp3) is 0.750. The molecule has 0 aromatic carbocycles. The number of aromatic nitrogens is 2. The van der Waals surface area contributed by atoms with Gasteiger partial charge in [0.1, 0.15) is 0 Å². The first kappa shape index (κ1) is 15.4. The van der Waals surface area contributed by atoms with Crippen molar-refractivity contribution in [1.82, 2.24) is 15.2 Å². The van der Waals surface area contributed by atoms with Crippen LogP contribution in [0.1, 0.15) is 51.4 Å². The summed E-state index contributed by atoms with van der Waals surface area (Å²) in [5.41, 5.74) is 3.72. The van der Waals surface area contributed by atoms with Crippen LogP contribution in [-0.4, -0.2) is 23.0 Å². The SMILES string of the molecule is CCCOCCC(NN)c1c(Cl)cnn1C(C)C. The van der Waals surface area contributed by atoms with E-state index in [1.54, 1.807) is 6.20 Å². The Balaban J connectivity index is 2.72. The Hall–Kier alpha value is -0.620. The lowest BCUT2D eigenvalue weighted by molar-refractivity contribution is 0.123. The molecule has 1 rings (SSSR count). The highest BCUT2D eigenvalue weighted by molar-refractivity contribution is 6.31. The van der Waals surface area contributed by atoms with Crippen LogP contribution in [0.5, 0.6) is 0 Å². The van der Waals surface area contributed by atoms with E-state index in [1.165, 1.54) is 0 Å². The predicted octanol–water partition coefficient (Wildman–Crippen LogP) is 2.44. The predicted molar refractivity (Wildman–Crippen MR) is 73.4 cm³/mol. The summed E-state index contributed by atoms with van der Waals surface area (Å²) in [6.45, 7) is 7.64. The van der Waals surface area contributed by atoms with Gasteiger partial charge >= 0.3 is 0 Å². The second-order valence-electron chi connectivity index (χ2n) is 4.54. The van der Waals surface area contributed by atoms with Crippen LogP contribution >= 0.6 is 11.6 Å². The van der Waals surface area contributed by atoms with Crippen molar-refractivity contribution in [3.05, 3.63) is 16.9 Å². The Morgan fingerprint density at radius 1 is 1.50 bits per heavy atom. The van der Waals surface area contributed by atoms with Crippen molar-refractivity contribution in [3.63, 3.8) is 0 Å². The first-order valence-corrected chi connectivity index (χ1v) is 6.76. The number of nitrogens with zero attached hydrogens (tertiary/aromatic N) is 2. The summed E-state index contributed by atoms with van der Waals surface area (Å²) in [7, 11) is 0. The average molecular weight is 275 g/mol. The first-order chi connectivity index (χ1) is 8.61. The summed E-state index contributed by atoms with van der Waals surface area (Å²) in [6, 6.07) is 0.208. The molecule has 1 aromatic heterocycles. The molecule has 18 heavy (non-hydrogen) atoms. The van der Waals surface area contributed by atoms with Crippen LogP contribution in [0.4, 0.5) is 0 Å². The quantitative estimate of drug-likeness (QED) is 0.434. The van der Waals surface area contributed by atoms with E-state index in [0.29, 0.717) is 11.6 Å². The molecule has 0 aliphatic carbocycles. The number of hydrazine groups is 1. The molecule has 0 aliphatic heterocycles. The van der Waals surface area contributed by atoms with Crippen LogP contribution in [0.15, 0.2) is 6.20 Å². The smallest absolute Gasteiger partial charge is 0.0834 e. The number of rotatable bonds is 8. The molecule has 0 radical (unpaired) electrons. The first-order valence-electron chi connectivity index (χ1n) is 6.38. The number of nitrogens with two attached hydrogens (primary N) is 1. The van der Waals surface area contributed by atoms with Crippen LogP contribution in [0.2, 0.25) is 5.02 Å². The molecule has 0 fully saturated rings. The summed E-state index contributed by atoms with van der Waals surface area (Å²) in [4.78, 5) is 0. The average Bonchev–Trinajstić information content (AvgIpc) is 2.72. The largest absolute Gasteiger partial charge is 0.381 e. The number of ether oxygens (including phenoxy) is 1. The van der Waals surface area contributed by atoms with Gasteiger partial charge in [0, 0.05) is 19.3 Å². The topological polar surface area (TPSA) is 65.1 Å². The maximum absolute atomic E-state index is 6.18. The van der Waals surface area contributed by atoms with Gasteiger partial charge in [-0.05, 0) is 26.7 Å². The standard InChI is InChI=1S/C12H23ClN4O/c1-4-6-18-7-5-11(16-14)12-10(13)8-15-17(12)9(2)3/h8-9,11,16H,4-7,14H2,1-3H3. The van der Waals surface area contributed by atoms with Gasteiger partial charge in [0.05, 0.1) is 23.0 Å². The van der Waals surface area contributed by atoms with E-state index in [-0.39, 0.29) is 12.1 Å². The monoisotopic (exact) mass is 274 g/mol. The molecular weight excluding hydrogens is 252 g/mol. The fourth-order valence-electron chi connectivity index (χ4n) is 1.83. The Kier molecular flexibility index (Phi) is 6.63. The van der Waals surface area contributed by atoms with E-state index in [1.807, 2.05) is 4.68 Å². The van der Waals surface area contributed by atoms with Crippen molar-refractivity contribution in [3.8, 4) is 0 Å². The van der Waals surface area contributed by atoms with Crippen LogP contribution in [0.3, 0.4) is 0 Å². The lowest BCUT2D eigenvalue weighted by Crippen LogP contribution is -2.31. The van der Waals surface area contributed by atoms with Crippen LogP contribution in [0, 0.1) is 0 Å². The summed E-state index contributed by atoms with van der Waals surface area (Å²) in [5, 5.41) is 4.92. The molecule has 1 heterocycles. The third kappa shape index (κ3) is 3.95. The normalized spacial score (nSPS) is 13.2. The highest BCUT2D eigenvalue weighted by Crippen LogP contribution is 2.27. The lowest BCUT2D eigenvalue weighted by atomic mass is 10.1. The highest BCUT2D eigenvalue weighted by Gasteiger charge is 2.20. The van der Waals surface area contributed by atoms with Crippen molar-refractivity contribution in [2.45, 2.75) is 45.7 Å². The van der Waals surface area contributed by atoms with E-state index in [2.05, 4.69) is 31.3 Å². The minimum absolute atomic E-state index is 0.0424. The molecule has 5 nitrogen and oxygen atoms in total. The van der Waals surface area contributed by atoms with Crippen molar-refractivity contribution in [2.75, 3.05) is 13.2 Å². The molecule has 0 saturated heterocycles. The molecule has 1 atom stereocenters. The number of halogens is 1. The van der Waals surface area contributed by atoms with Gasteiger partial charge in [0.25, 0.3) is 0 Å². The molecule has 104 valence electrons. The highest BCUT2D eigenvalue weighted by atomic mass is 35.5. The zero-order valence-electron chi connectivity index (χ0n) is 11.3. The Morgan fingerprint density at radius 3 is 2.78 bits per heavy atom. The van der Waals surface area contributed by atoms with Crippen LogP contribution in [-0.2, 0) is 4.74 Å². The van der Waals surface area contributed by atoms with E-state index in [9.17, 15) is 0 Å². The molecule has 6 heteroatoms. The second-order valence-corrected chi connectivity index (χ2v) is 4.94. The second kappa shape index (κ2) is 7.74. The molecule has 1 aromatic rings. The van der Waals surface area contributed by atoms with Gasteiger partial charge < -0.3 is 4.74 Å². The third-order valence-electron chi connectivity index (χ3n) is 2.71. The number of hydrogen-bond acceptors (Lipinski definition) is 4. The number of hydrogen-bond donors (Lipinski definition) is 2. The maximum Gasteiger partial charge on any atom is 0.0834 e. The summed E-state index contributed by atoms with van der Waals surface area (Å²) in [6.07, 6.45) is 3.45. The van der Waals surface area contributed by atoms with Crippen molar-refractivity contribution in [2.24, 2.45) is 5.84 Å². The minimum Gasteiger partial charge on any atom is -0.381 e. The van der Waals surface area contributed by atoms with Crippen LogP contribution < -0.4 is 11.3 Å². The molecule has 0 saturated carbocycles. The molecule has 1 unspecified atom stereocenters. The Labute approximate surface area is 114 Å². The maximum atomic E-state index is 6.18. The number of nitrogens with one attached hydrogen (secondary N) is 1. The molecule has 0 spiro atoms. The summed E-state index contributed by atoms with van der Waals surface area (Å²) >= 11 is 6.18. The van der Waals surface area contributed by atoms with Crippen molar-refractivity contribution < 1.29 is 4.74 Å².